The number of aryl methyl sites for hydroxylation is 2. The quantitative estimate of drug-likeness (QED) is 0.281. The summed E-state index contributed by atoms with van der Waals surface area (Å²) in [6.45, 7) is 2.61. The van der Waals surface area contributed by atoms with Crippen molar-refractivity contribution in [2.75, 3.05) is 6.61 Å². The number of oxime groups is 1. The molecular formula is C17H20N2O2. The zero-order valence-electron chi connectivity index (χ0n) is 12.1. The van der Waals surface area contributed by atoms with E-state index in [1.807, 2.05) is 31.2 Å². The predicted molar refractivity (Wildman–Crippen MR) is 83.9 cm³/mol. The molecule has 0 aromatic heterocycles. The standard InChI is InChI=1S/C17H20N2O2/c1-13-9-10-15(17(18)19-20)12-16(13)21-11-5-8-14-6-3-2-4-7-14/h2-4,6-7,9-10,12,20H,5,8,11H2,1H3,(H2,18,19). The van der Waals surface area contributed by atoms with Crippen LogP contribution in [0.1, 0.15) is 23.1 Å². The van der Waals surface area contributed by atoms with E-state index in [4.69, 9.17) is 15.7 Å². The third-order valence-corrected chi connectivity index (χ3v) is 3.30. The first kappa shape index (κ1) is 14.9. The normalized spacial score (nSPS) is 11.4. The Kier molecular flexibility index (Phi) is 5.21. The molecular weight excluding hydrogens is 264 g/mol. The highest BCUT2D eigenvalue weighted by Crippen LogP contribution is 2.20. The van der Waals surface area contributed by atoms with Crippen LogP contribution >= 0.6 is 0 Å². The largest absolute Gasteiger partial charge is 0.493 e. The molecule has 0 saturated carbocycles. The van der Waals surface area contributed by atoms with Gasteiger partial charge in [0, 0.05) is 5.56 Å². The van der Waals surface area contributed by atoms with Crippen molar-refractivity contribution >= 4 is 5.84 Å². The second-order valence-electron chi connectivity index (χ2n) is 4.90. The van der Waals surface area contributed by atoms with E-state index in [0.29, 0.717) is 12.2 Å². The molecule has 0 bridgehead atoms. The van der Waals surface area contributed by atoms with Crippen LogP contribution in [-0.2, 0) is 6.42 Å². The van der Waals surface area contributed by atoms with Crippen molar-refractivity contribution in [1.29, 1.82) is 0 Å². The summed E-state index contributed by atoms with van der Waals surface area (Å²) in [7, 11) is 0. The van der Waals surface area contributed by atoms with Gasteiger partial charge in [0.25, 0.3) is 0 Å². The first-order chi connectivity index (χ1) is 10.2. The van der Waals surface area contributed by atoms with Gasteiger partial charge in [0.1, 0.15) is 5.75 Å². The zero-order chi connectivity index (χ0) is 15.1. The molecule has 0 amide bonds. The SMILES string of the molecule is Cc1ccc(/C(N)=N/O)cc1OCCCc1ccccc1. The van der Waals surface area contributed by atoms with Gasteiger partial charge in [-0.05, 0) is 37.0 Å². The van der Waals surface area contributed by atoms with Crippen LogP contribution in [0.25, 0.3) is 0 Å². The number of nitrogens with zero attached hydrogens (tertiary/aromatic N) is 1. The molecule has 110 valence electrons. The average molecular weight is 284 g/mol. The van der Waals surface area contributed by atoms with Crippen LogP contribution in [0, 0.1) is 6.92 Å². The summed E-state index contributed by atoms with van der Waals surface area (Å²) < 4.78 is 5.80. The molecule has 0 heterocycles. The van der Waals surface area contributed by atoms with E-state index in [1.54, 1.807) is 12.1 Å². The van der Waals surface area contributed by atoms with Crippen LogP contribution in [0.2, 0.25) is 0 Å². The van der Waals surface area contributed by atoms with Gasteiger partial charge in [-0.2, -0.15) is 0 Å². The van der Waals surface area contributed by atoms with Crippen molar-refractivity contribution in [3.05, 3.63) is 65.2 Å². The highest BCUT2D eigenvalue weighted by molar-refractivity contribution is 5.97. The lowest BCUT2D eigenvalue weighted by atomic mass is 10.1. The smallest absolute Gasteiger partial charge is 0.170 e. The molecule has 2 aromatic rings. The average Bonchev–Trinajstić information content (AvgIpc) is 2.53. The van der Waals surface area contributed by atoms with Crippen LogP contribution < -0.4 is 10.5 Å². The minimum Gasteiger partial charge on any atom is -0.493 e. The summed E-state index contributed by atoms with van der Waals surface area (Å²) in [5.41, 5.74) is 8.58. The lowest BCUT2D eigenvalue weighted by Gasteiger charge is -2.10. The van der Waals surface area contributed by atoms with E-state index in [0.717, 1.165) is 24.2 Å². The maximum absolute atomic E-state index is 8.71. The molecule has 2 aromatic carbocycles. The van der Waals surface area contributed by atoms with Gasteiger partial charge in [-0.25, -0.2) is 0 Å². The first-order valence-electron chi connectivity index (χ1n) is 6.96. The van der Waals surface area contributed by atoms with Crippen LogP contribution in [0.15, 0.2) is 53.7 Å². The molecule has 0 saturated heterocycles. The van der Waals surface area contributed by atoms with Gasteiger partial charge in [0.15, 0.2) is 5.84 Å². The molecule has 0 fully saturated rings. The van der Waals surface area contributed by atoms with Crippen molar-refractivity contribution in [3.8, 4) is 5.75 Å². The summed E-state index contributed by atoms with van der Waals surface area (Å²) in [4.78, 5) is 0. The number of hydrogen-bond donors (Lipinski definition) is 2. The second kappa shape index (κ2) is 7.33. The molecule has 21 heavy (non-hydrogen) atoms. The van der Waals surface area contributed by atoms with E-state index >= 15 is 0 Å². The van der Waals surface area contributed by atoms with Crippen LogP contribution in [-0.4, -0.2) is 17.6 Å². The van der Waals surface area contributed by atoms with Gasteiger partial charge >= 0.3 is 0 Å². The fourth-order valence-corrected chi connectivity index (χ4v) is 2.08. The number of hydrogen-bond acceptors (Lipinski definition) is 3. The van der Waals surface area contributed by atoms with Gasteiger partial charge in [-0.3, -0.25) is 0 Å². The third kappa shape index (κ3) is 4.24. The number of benzene rings is 2. The summed E-state index contributed by atoms with van der Waals surface area (Å²) in [6, 6.07) is 15.8. The van der Waals surface area contributed by atoms with Crippen molar-refractivity contribution in [2.45, 2.75) is 19.8 Å². The second-order valence-corrected chi connectivity index (χ2v) is 4.90. The van der Waals surface area contributed by atoms with E-state index in [2.05, 4.69) is 17.3 Å². The van der Waals surface area contributed by atoms with Crippen molar-refractivity contribution in [3.63, 3.8) is 0 Å². The molecule has 0 atom stereocenters. The Balaban J connectivity index is 1.91. The lowest BCUT2D eigenvalue weighted by molar-refractivity contribution is 0.308. The van der Waals surface area contributed by atoms with Gasteiger partial charge < -0.3 is 15.7 Å². The molecule has 4 nitrogen and oxygen atoms in total. The van der Waals surface area contributed by atoms with Gasteiger partial charge in [0.05, 0.1) is 6.61 Å². The fraction of sp³-hybridized carbons (Fsp3) is 0.235. The molecule has 0 aliphatic heterocycles. The van der Waals surface area contributed by atoms with E-state index in [1.165, 1.54) is 5.56 Å². The molecule has 3 N–H and O–H groups in total. The molecule has 2 rings (SSSR count). The Labute approximate surface area is 124 Å². The van der Waals surface area contributed by atoms with Gasteiger partial charge in [0.2, 0.25) is 0 Å². The third-order valence-electron chi connectivity index (χ3n) is 3.30. The van der Waals surface area contributed by atoms with E-state index < -0.39 is 0 Å². The Morgan fingerprint density at radius 3 is 2.67 bits per heavy atom. The number of amidine groups is 1. The maximum Gasteiger partial charge on any atom is 0.170 e. The Morgan fingerprint density at radius 1 is 1.19 bits per heavy atom. The molecule has 4 heteroatoms. The van der Waals surface area contributed by atoms with Crippen molar-refractivity contribution in [1.82, 2.24) is 0 Å². The summed E-state index contributed by atoms with van der Waals surface area (Å²) in [6.07, 6.45) is 1.93. The minimum absolute atomic E-state index is 0.0872. The molecule has 0 spiro atoms. The van der Waals surface area contributed by atoms with Crippen LogP contribution in [0.3, 0.4) is 0 Å². The first-order valence-corrected chi connectivity index (χ1v) is 6.96. The summed E-state index contributed by atoms with van der Waals surface area (Å²) in [5.74, 6) is 0.858. The zero-order valence-corrected chi connectivity index (χ0v) is 12.1. The Bertz CT molecular complexity index is 609. The molecule has 0 aliphatic rings. The van der Waals surface area contributed by atoms with Crippen molar-refractivity contribution in [2.24, 2.45) is 10.9 Å². The van der Waals surface area contributed by atoms with E-state index in [-0.39, 0.29) is 5.84 Å². The monoisotopic (exact) mass is 284 g/mol. The molecule has 0 radical (unpaired) electrons. The highest BCUT2D eigenvalue weighted by Gasteiger charge is 2.05. The lowest BCUT2D eigenvalue weighted by Crippen LogP contribution is -2.13. The van der Waals surface area contributed by atoms with Crippen LogP contribution in [0.4, 0.5) is 0 Å². The number of rotatable bonds is 6. The molecule has 0 unspecified atom stereocenters. The van der Waals surface area contributed by atoms with Gasteiger partial charge in [-0.15, -0.1) is 0 Å². The van der Waals surface area contributed by atoms with Crippen LogP contribution in [0.5, 0.6) is 5.75 Å². The minimum atomic E-state index is 0.0872. The Hall–Kier alpha value is -2.49. The Morgan fingerprint density at radius 2 is 1.95 bits per heavy atom. The summed E-state index contributed by atoms with van der Waals surface area (Å²) >= 11 is 0. The maximum atomic E-state index is 8.71. The number of nitrogens with two attached hydrogens (primary N) is 1. The topological polar surface area (TPSA) is 67.8 Å². The highest BCUT2D eigenvalue weighted by atomic mass is 16.5. The summed E-state index contributed by atoms with van der Waals surface area (Å²) in [5, 5.41) is 11.7. The fourth-order valence-electron chi connectivity index (χ4n) is 2.08. The number of ether oxygens (including phenoxy) is 1. The van der Waals surface area contributed by atoms with Crippen molar-refractivity contribution < 1.29 is 9.94 Å². The molecule has 0 aliphatic carbocycles. The van der Waals surface area contributed by atoms with E-state index in [9.17, 15) is 0 Å². The predicted octanol–water partition coefficient (Wildman–Crippen LogP) is 3.10. The van der Waals surface area contributed by atoms with Gasteiger partial charge in [-0.1, -0.05) is 47.6 Å².